The van der Waals surface area contributed by atoms with Gasteiger partial charge in [0, 0.05) is 31.0 Å². The van der Waals surface area contributed by atoms with Crippen LogP contribution in [0.4, 0.5) is 16.2 Å². The number of rotatable bonds is 6. The third-order valence-corrected chi connectivity index (χ3v) is 5.29. The number of carbonyl (C=O) groups excluding carboxylic acids is 2. The van der Waals surface area contributed by atoms with Gasteiger partial charge in [-0.05, 0) is 42.5 Å². The highest BCUT2D eigenvalue weighted by molar-refractivity contribution is 7.89. The van der Waals surface area contributed by atoms with Crippen LogP contribution in [0, 0.1) is 0 Å². The van der Waals surface area contributed by atoms with Crippen molar-refractivity contribution in [2.24, 2.45) is 0 Å². The molecular weight excluding hydrogens is 372 g/mol. The van der Waals surface area contributed by atoms with Gasteiger partial charge < -0.3 is 16.0 Å². The molecule has 9 nitrogen and oxygen atoms in total. The highest BCUT2D eigenvalue weighted by Crippen LogP contribution is 2.18. The van der Waals surface area contributed by atoms with Crippen LogP contribution in [-0.4, -0.2) is 46.0 Å². The number of nitrogens with zero attached hydrogens (tertiary/aromatic N) is 1. The van der Waals surface area contributed by atoms with Crippen LogP contribution >= 0.6 is 0 Å². The summed E-state index contributed by atoms with van der Waals surface area (Å²) in [4.78, 5) is 28.3. The molecule has 0 heterocycles. The number of nitrogens with one attached hydrogen (secondary N) is 3. The van der Waals surface area contributed by atoms with Gasteiger partial charge in [0.05, 0.1) is 12.0 Å². The maximum absolute atomic E-state index is 12.4. The molecule has 0 saturated carbocycles. The van der Waals surface area contributed by atoms with Gasteiger partial charge in [-0.25, -0.2) is 13.2 Å². The molecule has 0 aliphatic rings. The van der Waals surface area contributed by atoms with Crippen molar-refractivity contribution >= 4 is 33.3 Å². The lowest BCUT2D eigenvalue weighted by Crippen LogP contribution is -2.26. The van der Waals surface area contributed by atoms with Gasteiger partial charge in [-0.3, -0.25) is 9.63 Å². The van der Waals surface area contributed by atoms with E-state index in [1.54, 1.807) is 24.3 Å². The van der Waals surface area contributed by atoms with E-state index in [1.165, 1.54) is 45.5 Å². The topological polar surface area (TPSA) is 117 Å². The van der Waals surface area contributed by atoms with Gasteiger partial charge >= 0.3 is 6.03 Å². The van der Waals surface area contributed by atoms with Crippen LogP contribution in [0.3, 0.4) is 0 Å². The third kappa shape index (κ3) is 5.03. The minimum Gasteiger partial charge on any atom is -0.341 e. The van der Waals surface area contributed by atoms with Crippen LogP contribution in [0.25, 0.3) is 0 Å². The number of carbonyl (C=O) groups is 2. The Balaban J connectivity index is 2.15. The van der Waals surface area contributed by atoms with Crippen molar-refractivity contribution < 1.29 is 22.8 Å². The van der Waals surface area contributed by atoms with Gasteiger partial charge in [-0.1, -0.05) is 10.5 Å². The van der Waals surface area contributed by atoms with Crippen LogP contribution in [0.1, 0.15) is 10.4 Å². The number of anilines is 2. The zero-order chi connectivity index (χ0) is 20.0. The first-order chi connectivity index (χ1) is 12.8. The first kappa shape index (κ1) is 20.4. The van der Waals surface area contributed by atoms with Crippen molar-refractivity contribution in [1.29, 1.82) is 0 Å². The van der Waals surface area contributed by atoms with Crippen molar-refractivity contribution in [3.8, 4) is 0 Å². The molecule has 0 atom stereocenters. The molecule has 0 aromatic heterocycles. The molecule has 10 heteroatoms. The van der Waals surface area contributed by atoms with Gasteiger partial charge in [0.25, 0.3) is 15.9 Å². The largest absolute Gasteiger partial charge is 0.341 e. The smallest absolute Gasteiger partial charge is 0.318 e. The summed E-state index contributed by atoms with van der Waals surface area (Å²) >= 11 is 0. The third-order valence-electron chi connectivity index (χ3n) is 3.62. The Bertz CT molecular complexity index is 929. The predicted octanol–water partition coefficient (Wildman–Crippen LogP) is 1.87. The second kappa shape index (κ2) is 8.62. The molecule has 2 aromatic rings. The van der Waals surface area contributed by atoms with Crippen molar-refractivity contribution in [1.82, 2.24) is 9.79 Å². The lowest BCUT2D eigenvalue weighted by atomic mass is 10.2. The number of benzene rings is 2. The zero-order valence-corrected chi connectivity index (χ0v) is 15.8. The Labute approximate surface area is 157 Å². The normalized spacial score (nSPS) is 11.1. The van der Waals surface area contributed by atoms with E-state index >= 15 is 0 Å². The van der Waals surface area contributed by atoms with Gasteiger partial charge in [0.1, 0.15) is 0 Å². The molecule has 0 aliphatic carbocycles. The Morgan fingerprint density at radius 1 is 1.00 bits per heavy atom. The van der Waals surface area contributed by atoms with Crippen LogP contribution in [-0.2, 0) is 14.9 Å². The lowest BCUT2D eigenvalue weighted by molar-refractivity contribution is -0.0258. The van der Waals surface area contributed by atoms with E-state index in [2.05, 4.69) is 16.0 Å². The summed E-state index contributed by atoms with van der Waals surface area (Å²) in [6.45, 7) is 0. The SMILES string of the molecule is CNC(=O)Nc1ccc(NC(=O)c2cccc(S(=O)(=O)N(C)OC)c2)cc1. The van der Waals surface area contributed by atoms with Crippen molar-refractivity contribution in [2.75, 3.05) is 31.8 Å². The van der Waals surface area contributed by atoms with Crippen LogP contribution in [0.5, 0.6) is 0 Å². The zero-order valence-electron chi connectivity index (χ0n) is 15.0. The molecule has 0 bridgehead atoms. The fraction of sp³-hybridized carbons (Fsp3) is 0.176. The highest BCUT2D eigenvalue weighted by Gasteiger charge is 2.21. The molecule has 144 valence electrons. The first-order valence-electron chi connectivity index (χ1n) is 7.81. The summed E-state index contributed by atoms with van der Waals surface area (Å²) in [6.07, 6.45) is 0. The first-order valence-corrected chi connectivity index (χ1v) is 9.25. The minimum absolute atomic E-state index is 0.0652. The van der Waals surface area contributed by atoms with E-state index < -0.39 is 15.9 Å². The molecule has 0 unspecified atom stereocenters. The van der Waals surface area contributed by atoms with Crippen LogP contribution in [0.15, 0.2) is 53.4 Å². The molecule has 27 heavy (non-hydrogen) atoms. The van der Waals surface area contributed by atoms with E-state index in [1.807, 2.05) is 0 Å². The van der Waals surface area contributed by atoms with E-state index in [-0.39, 0.29) is 16.5 Å². The van der Waals surface area contributed by atoms with E-state index in [9.17, 15) is 18.0 Å². The quantitative estimate of drug-likeness (QED) is 0.649. The average Bonchev–Trinajstić information content (AvgIpc) is 2.68. The Morgan fingerprint density at radius 3 is 2.15 bits per heavy atom. The Morgan fingerprint density at radius 2 is 1.59 bits per heavy atom. The Hall–Kier alpha value is -2.95. The van der Waals surface area contributed by atoms with E-state index in [0.29, 0.717) is 15.8 Å². The lowest BCUT2D eigenvalue weighted by Gasteiger charge is -2.14. The highest BCUT2D eigenvalue weighted by atomic mass is 32.2. The fourth-order valence-electron chi connectivity index (χ4n) is 2.08. The standard InChI is InChI=1S/C17H20N4O5S/c1-18-17(23)20-14-9-7-13(8-10-14)19-16(22)12-5-4-6-15(11-12)27(24,25)21(2)26-3/h4-11H,1-3H3,(H,19,22)(H2,18,20,23). The molecule has 0 spiro atoms. The molecular formula is C17H20N4O5S. The maximum atomic E-state index is 12.4. The number of urea groups is 1. The predicted molar refractivity (Wildman–Crippen MR) is 101 cm³/mol. The van der Waals surface area contributed by atoms with Crippen LogP contribution in [0.2, 0.25) is 0 Å². The van der Waals surface area contributed by atoms with E-state index in [4.69, 9.17) is 4.84 Å². The monoisotopic (exact) mass is 392 g/mol. The number of sulfonamides is 1. The number of hydroxylamine groups is 1. The van der Waals surface area contributed by atoms with E-state index in [0.717, 1.165) is 0 Å². The maximum Gasteiger partial charge on any atom is 0.318 e. The second-order valence-electron chi connectivity index (χ2n) is 5.36. The molecule has 0 saturated heterocycles. The summed E-state index contributed by atoms with van der Waals surface area (Å²) in [5.74, 6) is -0.473. The average molecular weight is 392 g/mol. The minimum atomic E-state index is -3.85. The van der Waals surface area contributed by atoms with Gasteiger partial charge in [-0.2, -0.15) is 0 Å². The molecule has 0 radical (unpaired) electrons. The van der Waals surface area contributed by atoms with Crippen molar-refractivity contribution in [3.05, 3.63) is 54.1 Å². The van der Waals surface area contributed by atoms with Crippen LogP contribution < -0.4 is 16.0 Å². The van der Waals surface area contributed by atoms with Gasteiger partial charge in [0.15, 0.2) is 0 Å². The molecule has 0 fully saturated rings. The van der Waals surface area contributed by atoms with Crippen molar-refractivity contribution in [2.45, 2.75) is 4.90 Å². The molecule has 0 aliphatic heterocycles. The summed E-state index contributed by atoms with van der Waals surface area (Å²) in [6, 6.07) is 11.7. The van der Waals surface area contributed by atoms with Gasteiger partial charge in [-0.15, -0.1) is 0 Å². The number of hydrogen-bond acceptors (Lipinski definition) is 5. The Kier molecular flexibility index (Phi) is 6.50. The number of amides is 3. The van der Waals surface area contributed by atoms with Gasteiger partial charge in [0.2, 0.25) is 0 Å². The van der Waals surface area contributed by atoms with Crippen molar-refractivity contribution in [3.63, 3.8) is 0 Å². The second-order valence-corrected chi connectivity index (χ2v) is 7.30. The summed E-state index contributed by atoms with van der Waals surface area (Å²) < 4.78 is 25.3. The number of hydrogen-bond donors (Lipinski definition) is 3. The molecule has 3 amide bonds. The summed E-state index contributed by atoms with van der Waals surface area (Å²) in [5.41, 5.74) is 1.22. The molecule has 2 rings (SSSR count). The summed E-state index contributed by atoms with van der Waals surface area (Å²) in [5, 5.41) is 7.70. The molecule has 3 N–H and O–H groups in total. The fourth-order valence-corrected chi connectivity index (χ4v) is 3.10. The molecule has 2 aromatic carbocycles. The summed E-state index contributed by atoms with van der Waals surface area (Å²) in [7, 11) is 0.143.